The predicted octanol–water partition coefficient (Wildman–Crippen LogP) is 2.91. The van der Waals surface area contributed by atoms with E-state index in [1.165, 1.54) is 5.56 Å². The van der Waals surface area contributed by atoms with Crippen molar-refractivity contribution in [2.24, 2.45) is 0 Å². The smallest absolute Gasteiger partial charge is 0.232 e. The number of carbonyl (C=O) groups is 1. The number of benzene rings is 1. The highest BCUT2D eigenvalue weighted by atomic mass is 16.5. The van der Waals surface area contributed by atoms with E-state index in [9.17, 15) is 4.79 Å². The van der Waals surface area contributed by atoms with Crippen molar-refractivity contribution in [3.63, 3.8) is 0 Å². The van der Waals surface area contributed by atoms with Gasteiger partial charge >= 0.3 is 0 Å². The summed E-state index contributed by atoms with van der Waals surface area (Å²) in [7, 11) is 0. The van der Waals surface area contributed by atoms with Gasteiger partial charge in [-0.15, -0.1) is 5.10 Å². The van der Waals surface area contributed by atoms with Crippen LogP contribution in [0.5, 0.6) is 0 Å². The lowest BCUT2D eigenvalue weighted by atomic mass is 10.1. The van der Waals surface area contributed by atoms with Crippen LogP contribution in [0.2, 0.25) is 0 Å². The Morgan fingerprint density at radius 3 is 2.59 bits per heavy atom. The summed E-state index contributed by atoms with van der Waals surface area (Å²) < 4.78 is 5.40. The van der Waals surface area contributed by atoms with E-state index in [0.717, 1.165) is 17.7 Å². The Morgan fingerprint density at radius 1 is 1.11 bits per heavy atom. The molecule has 27 heavy (non-hydrogen) atoms. The van der Waals surface area contributed by atoms with E-state index in [1.54, 1.807) is 0 Å². The quantitative estimate of drug-likeness (QED) is 0.693. The Kier molecular flexibility index (Phi) is 4.66. The number of carbonyl (C=O) groups excluding carboxylic acids is 1. The first-order valence-corrected chi connectivity index (χ1v) is 9.12. The second-order valence-electron chi connectivity index (χ2n) is 6.86. The number of aromatic nitrogens is 4. The van der Waals surface area contributed by atoms with Crippen LogP contribution in [0.3, 0.4) is 0 Å². The fraction of sp³-hybridized carbons (Fsp3) is 0.350. The maximum atomic E-state index is 12.4. The van der Waals surface area contributed by atoms with E-state index >= 15 is 0 Å². The molecular formula is C20H21N5O2. The largest absolute Gasteiger partial charge is 0.339 e. The summed E-state index contributed by atoms with van der Waals surface area (Å²) in [4.78, 5) is 18.7. The van der Waals surface area contributed by atoms with Gasteiger partial charge in [0.25, 0.3) is 0 Å². The Labute approximate surface area is 157 Å². The first-order valence-electron chi connectivity index (χ1n) is 9.12. The summed E-state index contributed by atoms with van der Waals surface area (Å²) in [5.41, 5.74) is 3.81. The molecule has 138 valence electrons. The van der Waals surface area contributed by atoms with Gasteiger partial charge in [0.15, 0.2) is 0 Å². The van der Waals surface area contributed by atoms with Crippen LogP contribution >= 0.6 is 0 Å². The van der Waals surface area contributed by atoms with E-state index in [2.05, 4.69) is 51.5 Å². The molecule has 0 aliphatic carbocycles. The highest BCUT2D eigenvalue weighted by molar-refractivity contribution is 5.79. The summed E-state index contributed by atoms with van der Waals surface area (Å²) >= 11 is 0. The van der Waals surface area contributed by atoms with E-state index in [-0.39, 0.29) is 11.8 Å². The van der Waals surface area contributed by atoms with Gasteiger partial charge in [-0.1, -0.05) is 36.3 Å². The number of amides is 1. The maximum Gasteiger partial charge on any atom is 0.232 e. The van der Waals surface area contributed by atoms with Crippen LogP contribution in [0, 0.1) is 6.92 Å². The van der Waals surface area contributed by atoms with Crippen LogP contribution in [0.25, 0.3) is 11.5 Å². The SMILES string of the molecule is CCc1ccc(CN2CC(c3nc(-c4ccc(C)nn4)no3)CC2=O)cc1. The summed E-state index contributed by atoms with van der Waals surface area (Å²) in [5, 5.41) is 12.1. The van der Waals surface area contributed by atoms with Gasteiger partial charge in [0.1, 0.15) is 5.69 Å². The number of nitrogens with zero attached hydrogens (tertiary/aromatic N) is 5. The van der Waals surface area contributed by atoms with Gasteiger partial charge in [-0.3, -0.25) is 4.79 Å². The number of rotatable bonds is 5. The van der Waals surface area contributed by atoms with Crippen molar-refractivity contribution in [3.8, 4) is 11.5 Å². The molecule has 1 saturated heterocycles. The van der Waals surface area contributed by atoms with Crippen molar-refractivity contribution in [1.82, 2.24) is 25.2 Å². The van der Waals surface area contributed by atoms with Crippen molar-refractivity contribution in [2.45, 2.75) is 39.2 Å². The molecule has 2 aromatic heterocycles. The fourth-order valence-corrected chi connectivity index (χ4v) is 3.21. The summed E-state index contributed by atoms with van der Waals surface area (Å²) in [5.74, 6) is 0.893. The topological polar surface area (TPSA) is 85.0 Å². The van der Waals surface area contributed by atoms with Crippen LogP contribution in [0.15, 0.2) is 40.9 Å². The lowest BCUT2D eigenvalue weighted by Gasteiger charge is -2.16. The second kappa shape index (κ2) is 7.26. The molecule has 3 aromatic rings. The average molecular weight is 363 g/mol. The zero-order valence-corrected chi connectivity index (χ0v) is 15.4. The molecule has 0 saturated carbocycles. The molecule has 7 heteroatoms. The summed E-state index contributed by atoms with van der Waals surface area (Å²) in [6.07, 6.45) is 1.39. The molecule has 7 nitrogen and oxygen atoms in total. The molecule has 1 fully saturated rings. The van der Waals surface area contributed by atoms with Crippen LogP contribution < -0.4 is 0 Å². The van der Waals surface area contributed by atoms with Crippen LogP contribution in [0.4, 0.5) is 0 Å². The first-order chi connectivity index (χ1) is 13.1. The van der Waals surface area contributed by atoms with Crippen LogP contribution in [0.1, 0.15) is 42.0 Å². The third kappa shape index (κ3) is 3.72. The molecule has 0 radical (unpaired) electrons. The van der Waals surface area contributed by atoms with Gasteiger partial charge in [0, 0.05) is 19.5 Å². The molecule has 1 atom stereocenters. The van der Waals surface area contributed by atoms with E-state index in [0.29, 0.717) is 36.9 Å². The lowest BCUT2D eigenvalue weighted by molar-refractivity contribution is -0.128. The average Bonchev–Trinajstić information content (AvgIpc) is 3.30. The zero-order valence-electron chi connectivity index (χ0n) is 15.4. The minimum atomic E-state index is -0.0907. The Balaban J connectivity index is 1.45. The molecule has 1 aliphatic rings. The highest BCUT2D eigenvalue weighted by Crippen LogP contribution is 2.29. The summed E-state index contributed by atoms with van der Waals surface area (Å²) in [6, 6.07) is 12.0. The van der Waals surface area contributed by atoms with Crippen molar-refractivity contribution >= 4 is 5.91 Å². The van der Waals surface area contributed by atoms with E-state index in [1.807, 2.05) is 24.0 Å². The lowest BCUT2D eigenvalue weighted by Crippen LogP contribution is -2.24. The molecule has 0 spiro atoms. The number of likely N-dealkylation sites (tertiary alicyclic amines) is 1. The van der Waals surface area contributed by atoms with Gasteiger partial charge < -0.3 is 9.42 Å². The van der Waals surface area contributed by atoms with Gasteiger partial charge in [-0.05, 0) is 36.6 Å². The standard InChI is InChI=1S/C20H21N5O2/c1-3-14-5-7-15(8-6-14)11-25-12-16(10-18(25)26)20-21-19(24-27-20)17-9-4-13(2)22-23-17/h4-9,16H,3,10-12H2,1-2H3. The minimum absolute atomic E-state index is 0.0907. The molecule has 4 rings (SSSR count). The zero-order chi connectivity index (χ0) is 18.8. The van der Waals surface area contributed by atoms with Gasteiger partial charge in [0.05, 0.1) is 11.6 Å². The minimum Gasteiger partial charge on any atom is -0.339 e. The van der Waals surface area contributed by atoms with Gasteiger partial charge in [-0.2, -0.15) is 10.1 Å². The molecule has 1 amide bonds. The highest BCUT2D eigenvalue weighted by Gasteiger charge is 2.34. The van der Waals surface area contributed by atoms with Gasteiger partial charge in [0.2, 0.25) is 17.6 Å². The molecule has 0 N–H and O–H groups in total. The second-order valence-corrected chi connectivity index (χ2v) is 6.86. The predicted molar refractivity (Wildman–Crippen MR) is 98.7 cm³/mol. The molecule has 3 heterocycles. The fourth-order valence-electron chi connectivity index (χ4n) is 3.21. The van der Waals surface area contributed by atoms with Crippen molar-refractivity contribution in [2.75, 3.05) is 6.54 Å². The van der Waals surface area contributed by atoms with Crippen molar-refractivity contribution in [1.29, 1.82) is 0 Å². The monoisotopic (exact) mass is 363 g/mol. The number of hydrogen-bond donors (Lipinski definition) is 0. The van der Waals surface area contributed by atoms with Crippen molar-refractivity contribution in [3.05, 3.63) is 59.1 Å². The first kappa shape index (κ1) is 17.3. The van der Waals surface area contributed by atoms with Crippen LogP contribution in [-0.4, -0.2) is 37.7 Å². The number of hydrogen-bond acceptors (Lipinski definition) is 6. The molecule has 1 aromatic carbocycles. The van der Waals surface area contributed by atoms with E-state index < -0.39 is 0 Å². The molecule has 0 bridgehead atoms. The van der Waals surface area contributed by atoms with Crippen LogP contribution in [-0.2, 0) is 17.8 Å². The number of aryl methyl sites for hydroxylation is 2. The Bertz CT molecular complexity index is 934. The maximum absolute atomic E-state index is 12.4. The normalized spacial score (nSPS) is 16.9. The summed E-state index contributed by atoms with van der Waals surface area (Å²) in [6.45, 7) is 5.18. The molecule has 1 unspecified atom stereocenters. The Hall–Kier alpha value is -3.09. The molecular weight excluding hydrogens is 342 g/mol. The third-order valence-electron chi connectivity index (χ3n) is 4.84. The van der Waals surface area contributed by atoms with Crippen molar-refractivity contribution < 1.29 is 9.32 Å². The Morgan fingerprint density at radius 2 is 1.89 bits per heavy atom. The third-order valence-corrected chi connectivity index (χ3v) is 4.84. The molecule has 1 aliphatic heterocycles. The van der Waals surface area contributed by atoms with Gasteiger partial charge in [-0.25, -0.2) is 0 Å². The van der Waals surface area contributed by atoms with E-state index in [4.69, 9.17) is 4.52 Å².